The van der Waals surface area contributed by atoms with Crippen LogP contribution in [-0.2, 0) is 13.1 Å². The number of nitrogens with one attached hydrogen (secondary N) is 2. The van der Waals surface area contributed by atoms with Crippen LogP contribution in [0.2, 0.25) is 0 Å². The Morgan fingerprint density at radius 1 is 1.03 bits per heavy atom. The molecule has 1 saturated heterocycles. The number of methoxy groups -OCH3 is 1. The van der Waals surface area contributed by atoms with Crippen LogP contribution in [0.15, 0.2) is 54.7 Å². The van der Waals surface area contributed by atoms with Crippen molar-refractivity contribution in [3.05, 3.63) is 71.4 Å². The maximum absolute atomic E-state index is 12.7. The molecule has 3 aromatic rings. The van der Waals surface area contributed by atoms with E-state index in [1.165, 1.54) is 37.9 Å². The van der Waals surface area contributed by atoms with Crippen molar-refractivity contribution in [3.8, 4) is 17.0 Å². The molecular weight excluding hydrogens is 376 g/mol. The van der Waals surface area contributed by atoms with Crippen LogP contribution in [0.5, 0.6) is 5.75 Å². The Labute approximate surface area is 177 Å². The van der Waals surface area contributed by atoms with Gasteiger partial charge in [0, 0.05) is 18.7 Å². The first-order valence-electron chi connectivity index (χ1n) is 10.5. The first-order chi connectivity index (χ1) is 14.7. The molecule has 1 aromatic heterocycles. The predicted octanol–water partition coefficient (Wildman–Crippen LogP) is 4.00. The summed E-state index contributed by atoms with van der Waals surface area (Å²) in [6.45, 7) is 3.88. The predicted molar refractivity (Wildman–Crippen MR) is 117 cm³/mol. The van der Waals surface area contributed by atoms with Crippen molar-refractivity contribution in [3.63, 3.8) is 0 Å². The molecular formula is C24H28N4O2. The van der Waals surface area contributed by atoms with Gasteiger partial charge < -0.3 is 10.1 Å². The van der Waals surface area contributed by atoms with Gasteiger partial charge in [-0.15, -0.1) is 0 Å². The van der Waals surface area contributed by atoms with E-state index in [-0.39, 0.29) is 5.91 Å². The number of amides is 1. The third-order valence-corrected chi connectivity index (χ3v) is 5.59. The second-order valence-electron chi connectivity index (χ2n) is 7.72. The van der Waals surface area contributed by atoms with Crippen molar-refractivity contribution in [2.45, 2.75) is 32.4 Å². The minimum absolute atomic E-state index is 0.146. The lowest BCUT2D eigenvalue weighted by molar-refractivity contribution is 0.0951. The summed E-state index contributed by atoms with van der Waals surface area (Å²) in [5.41, 5.74) is 4.53. The summed E-state index contributed by atoms with van der Waals surface area (Å²) in [7, 11) is 1.63. The summed E-state index contributed by atoms with van der Waals surface area (Å²) < 4.78 is 5.19. The van der Waals surface area contributed by atoms with Gasteiger partial charge in [0.05, 0.1) is 24.6 Å². The Kier molecular flexibility index (Phi) is 6.44. The lowest BCUT2D eigenvalue weighted by atomic mass is 10.1. The fourth-order valence-corrected chi connectivity index (χ4v) is 3.85. The number of ether oxygens (including phenoxy) is 1. The van der Waals surface area contributed by atoms with Crippen LogP contribution in [0.4, 0.5) is 0 Å². The largest absolute Gasteiger partial charge is 0.497 e. The maximum Gasteiger partial charge on any atom is 0.255 e. The van der Waals surface area contributed by atoms with Crippen LogP contribution < -0.4 is 10.1 Å². The standard InChI is InChI=1S/C24H28N4O2/c1-30-21-11-9-20(10-12-21)23-22(16-26-27-23)24(29)25-15-18-5-7-19(8-6-18)17-28-13-3-2-4-14-28/h5-12,16H,2-4,13-15,17H2,1H3,(H,25,29)(H,26,27). The number of hydrogen-bond acceptors (Lipinski definition) is 4. The molecule has 2 aromatic carbocycles. The third kappa shape index (κ3) is 4.89. The molecule has 0 atom stereocenters. The van der Waals surface area contributed by atoms with Gasteiger partial charge in [-0.2, -0.15) is 5.10 Å². The highest BCUT2D eigenvalue weighted by molar-refractivity contribution is 5.99. The number of carbonyl (C=O) groups excluding carboxylic acids is 1. The van der Waals surface area contributed by atoms with E-state index < -0.39 is 0 Å². The number of piperidine rings is 1. The molecule has 156 valence electrons. The van der Waals surface area contributed by atoms with Crippen LogP contribution in [-0.4, -0.2) is 41.2 Å². The summed E-state index contributed by atoms with van der Waals surface area (Å²) in [6.07, 6.45) is 5.52. The topological polar surface area (TPSA) is 70.2 Å². The zero-order chi connectivity index (χ0) is 20.8. The number of aromatic amines is 1. The zero-order valence-electron chi connectivity index (χ0n) is 17.4. The number of benzene rings is 2. The smallest absolute Gasteiger partial charge is 0.255 e. The van der Waals surface area contributed by atoms with Gasteiger partial charge in [-0.3, -0.25) is 14.8 Å². The zero-order valence-corrected chi connectivity index (χ0v) is 17.4. The quantitative estimate of drug-likeness (QED) is 0.624. The summed E-state index contributed by atoms with van der Waals surface area (Å²) in [5.74, 6) is 0.625. The number of rotatable bonds is 7. The highest BCUT2D eigenvalue weighted by Crippen LogP contribution is 2.23. The Morgan fingerprint density at radius 2 is 1.73 bits per heavy atom. The third-order valence-electron chi connectivity index (χ3n) is 5.59. The summed E-state index contributed by atoms with van der Waals surface area (Å²) in [5, 5.41) is 9.99. The molecule has 0 bridgehead atoms. The summed E-state index contributed by atoms with van der Waals surface area (Å²) in [6, 6.07) is 16.1. The lowest BCUT2D eigenvalue weighted by Gasteiger charge is -2.26. The van der Waals surface area contributed by atoms with E-state index in [4.69, 9.17) is 4.74 Å². The molecule has 30 heavy (non-hydrogen) atoms. The molecule has 4 rings (SSSR count). The van der Waals surface area contributed by atoms with Crippen molar-refractivity contribution in [1.29, 1.82) is 0 Å². The molecule has 1 aliphatic heterocycles. The van der Waals surface area contributed by atoms with E-state index in [1.807, 2.05) is 24.3 Å². The monoisotopic (exact) mass is 404 g/mol. The summed E-state index contributed by atoms with van der Waals surface area (Å²) in [4.78, 5) is 15.2. The highest BCUT2D eigenvalue weighted by atomic mass is 16.5. The van der Waals surface area contributed by atoms with E-state index in [0.29, 0.717) is 17.8 Å². The minimum Gasteiger partial charge on any atom is -0.497 e. The number of H-pyrrole nitrogens is 1. The first-order valence-corrected chi connectivity index (χ1v) is 10.5. The summed E-state index contributed by atoms with van der Waals surface area (Å²) >= 11 is 0. The first kappa shape index (κ1) is 20.2. The second-order valence-corrected chi connectivity index (χ2v) is 7.72. The molecule has 2 N–H and O–H groups in total. The Morgan fingerprint density at radius 3 is 2.43 bits per heavy atom. The van der Waals surface area contributed by atoms with E-state index >= 15 is 0 Å². The Balaban J connectivity index is 1.35. The fourth-order valence-electron chi connectivity index (χ4n) is 3.85. The lowest BCUT2D eigenvalue weighted by Crippen LogP contribution is -2.29. The van der Waals surface area contributed by atoms with E-state index in [0.717, 1.165) is 23.4 Å². The van der Waals surface area contributed by atoms with Crippen molar-refractivity contribution in [1.82, 2.24) is 20.4 Å². The molecule has 0 saturated carbocycles. The molecule has 2 heterocycles. The average Bonchev–Trinajstić information content (AvgIpc) is 3.29. The molecule has 1 fully saturated rings. The SMILES string of the molecule is COc1ccc(-c2[nH]ncc2C(=O)NCc2ccc(CN3CCCCC3)cc2)cc1. The average molecular weight is 405 g/mol. The molecule has 0 radical (unpaired) electrons. The van der Waals surface area contributed by atoms with Gasteiger partial charge in [-0.25, -0.2) is 0 Å². The number of nitrogens with zero attached hydrogens (tertiary/aromatic N) is 2. The van der Waals surface area contributed by atoms with Gasteiger partial charge in [0.1, 0.15) is 5.75 Å². The van der Waals surface area contributed by atoms with E-state index in [9.17, 15) is 4.79 Å². The van der Waals surface area contributed by atoms with Crippen molar-refractivity contribution in [2.24, 2.45) is 0 Å². The van der Waals surface area contributed by atoms with Crippen LogP contribution in [0.3, 0.4) is 0 Å². The normalized spacial score (nSPS) is 14.4. The van der Waals surface area contributed by atoms with Crippen molar-refractivity contribution in [2.75, 3.05) is 20.2 Å². The van der Waals surface area contributed by atoms with Crippen LogP contribution in [0.25, 0.3) is 11.3 Å². The Bertz CT molecular complexity index is 958. The molecule has 0 unspecified atom stereocenters. The van der Waals surface area contributed by atoms with Crippen LogP contribution >= 0.6 is 0 Å². The van der Waals surface area contributed by atoms with E-state index in [2.05, 4.69) is 44.7 Å². The van der Waals surface area contributed by atoms with Crippen molar-refractivity contribution < 1.29 is 9.53 Å². The number of hydrogen-bond donors (Lipinski definition) is 2. The maximum atomic E-state index is 12.7. The molecule has 0 aliphatic carbocycles. The van der Waals surface area contributed by atoms with Gasteiger partial charge in [-0.1, -0.05) is 30.7 Å². The molecule has 6 nitrogen and oxygen atoms in total. The minimum atomic E-state index is -0.146. The van der Waals surface area contributed by atoms with Crippen LogP contribution in [0.1, 0.15) is 40.7 Å². The number of likely N-dealkylation sites (tertiary alicyclic amines) is 1. The fraction of sp³-hybridized carbons (Fsp3) is 0.333. The molecule has 1 aliphatic rings. The van der Waals surface area contributed by atoms with Gasteiger partial charge in [0.15, 0.2) is 0 Å². The number of aromatic nitrogens is 2. The number of carbonyl (C=O) groups is 1. The molecule has 1 amide bonds. The molecule has 0 spiro atoms. The second kappa shape index (κ2) is 9.59. The van der Waals surface area contributed by atoms with Gasteiger partial charge >= 0.3 is 0 Å². The van der Waals surface area contributed by atoms with E-state index in [1.54, 1.807) is 13.3 Å². The Hall–Kier alpha value is -3.12. The molecule has 6 heteroatoms. The van der Waals surface area contributed by atoms with Crippen LogP contribution in [0, 0.1) is 0 Å². The van der Waals surface area contributed by atoms with Gasteiger partial charge in [0.2, 0.25) is 0 Å². The van der Waals surface area contributed by atoms with Gasteiger partial charge in [0.25, 0.3) is 5.91 Å². The van der Waals surface area contributed by atoms with Crippen molar-refractivity contribution >= 4 is 5.91 Å². The van der Waals surface area contributed by atoms with Gasteiger partial charge in [-0.05, 0) is 61.3 Å². The highest BCUT2D eigenvalue weighted by Gasteiger charge is 2.15.